The van der Waals surface area contributed by atoms with Gasteiger partial charge in [0, 0.05) is 35.0 Å². The van der Waals surface area contributed by atoms with Crippen molar-refractivity contribution in [1.29, 1.82) is 0 Å². The highest BCUT2D eigenvalue weighted by atomic mass is 32.2. The Kier molecular flexibility index (Phi) is 4.34. The van der Waals surface area contributed by atoms with Crippen LogP contribution in [-0.4, -0.2) is 52.3 Å². The summed E-state index contributed by atoms with van der Waals surface area (Å²) < 4.78 is 0. The predicted molar refractivity (Wildman–Crippen MR) is 97.3 cm³/mol. The third kappa shape index (κ3) is 3.09. The Labute approximate surface area is 153 Å². The first-order valence-corrected chi connectivity index (χ1v) is 9.80. The molecule has 0 spiro atoms. The van der Waals surface area contributed by atoms with E-state index >= 15 is 0 Å². The molecule has 1 aromatic carbocycles. The minimum Gasteiger partial charge on any atom is -0.364 e. The Morgan fingerprint density at radius 1 is 1.28 bits per heavy atom. The first kappa shape index (κ1) is 16.3. The van der Waals surface area contributed by atoms with E-state index in [1.54, 1.807) is 6.08 Å². The van der Waals surface area contributed by atoms with Crippen LogP contribution in [0.1, 0.15) is 0 Å². The van der Waals surface area contributed by atoms with Gasteiger partial charge in [0.15, 0.2) is 5.37 Å². The van der Waals surface area contributed by atoms with Gasteiger partial charge in [0.2, 0.25) is 0 Å². The summed E-state index contributed by atoms with van der Waals surface area (Å²) in [7, 11) is 0. The molecule has 2 atom stereocenters. The lowest BCUT2D eigenvalue weighted by Crippen LogP contribution is -2.44. The third-order valence-electron chi connectivity index (χ3n) is 4.13. The van der Waals surface area contributed by atoms with Crippen LogP contribution >= 0.6 is 23.5 Å². The largest absolute Gasteiger partial charge is 0.364 e. The summed E-state index contributed by atoms with van der Waals surface area (Å²) in [5, 5.41) is 7.85. The molecule has 3 N–H and O–H groups in total. The Hall–Kier alpha value is -2.13. The number of carbonyl (C=O) groups excluding carboxylic acids is 3. The van der Waals surface area contributed by atoms with Crippen LogP contribution < -0.4 is 16.0 Å². The van der Waals surface area contributed by atoms with Gasteiger partial charge in [-0.1, -0.05) is 30.0 Å². The van der Waals surface area contributed by atoms with E-state index in [0.717, 1.165) is 10.6 Å². The molecule has 0 radical (unpaired) electrons. The zero-order chi connectivity index (χ0) is 17.4. The molecule has 3 aliphatic heterocycles. The minimum absolute atomic E-state index is 0.176. The first-order chi connectivity index (χ1) is 12.1. The summed E-state index contributed by atoms with van der Waals surface area (Å²) >= 11 is 2.92. The molecule has 1 aromatic rings. The lowest BCUT2D eigenvalue weighted by molar-refractivity contribution is -0.123. The van der Waals surface area contributed by atoms with Crippen molar-refractivity contribution in [3.05, 3.63) is 35.9 Å². The molecular weight excluding hydrogens is 360 g/mol. The first-order valence-electron chi connectivity index (χ1n) is 7.87. The van der Waals surface area contributed by atoms with Crippen molar-refractivity contribution < 1.29 is 14.4 Å². The SMILES string of the molecule is O=C(NC1SCC=C1C(=O)N1CCNC1=O)C1Nc2ccccc2S1. The van der Waals surface area contributed by atoms with Crippen LogP contribution in [0.2, 0.25) is 0 Å². The molecule has 0 bridgehead atoms. The molecule has 0 saturated carbocycles. The van der Waals surface area contributed by atoms with E-state index in [9.17, 15) is 14.4 Å². The van der Waals surface area contributed by atoms with E-state index in [1.165, 1.54) is 28.4 Å². The molecule has 3 heterocycles. The number of rotatable bonds is 3. The van der Waals surface area contributed by atoms with E-state index in [0.29, 0.717) is 24.4 Å². The van der Waals surface area contributed by atoms with Crippen molar-refractivity contribution in [3.63, 3.8) is 0 Å². The second-order valence-electron chi connectivity index (χ2n) is 5.71. The van der Waals surface area contributed by atoms with Crippen LogP contribution in [0.15, 0.2) is 40.8 Å². The Morgan fingerprint density at radius 2 is 2.12 bits per heavy atom. The lowest BCUT2D eigenvalue weighted by Gasteiger charge is -2.21. The monoisotopic (exact) mass is 376 g/mol. The molecule has 7 nitrogen and oxygen atoms in total. The van der Waals surface area contributed by atoms with Crippen LogP contribution in [0.5, 0.6) is 0 Å². The number of anilines is 1. The smallest absolute Gasteiger partial charge is 0.324 e. The van der Waals surface area contributed by atoms with Crippen molar-refractivity contribution >= 4 is 47.1 Å². The van der Waals surface area contributed by atoms with Crippen molar-refractivity contribution in [2.75, 3.05) is 24.2 Å². The maximum absolute atomic E-state index is 12.6. The summed E-state index contributed by atoms with van der Waals surface area (Å²) in [6.45, 7) is 0.818. The number of amides is 4. The standard InChI is InChI=1S/C16H16N4O3S2/c21-12(14-18-10-3-1-2-4-11(10)25-14)19-13-9(5-8-24-13)15(22)20-7-6-17-16(20)23/h1-5,13-14,18H,6-8H2,(H,17,23)(H,19,21). The molecule has 130 valence electrons. The molecule has 0 aliphatic carbocycles. The van der Waals surface area contributed by atoms with Gasteiger partial charge in [-0.3, -0.25) is 14.5 Å². The zero-order valence-electron chi connectivity index (χ0n) is 13.2. The van der Waals surface area contributed by atoms with E-state index in [-0.39, 0.29) is 17.8 Å². The Morgan fingerprint density at radius 3 is 2.88 bits per heavy atom. The number of nitrogens with one attached hydrogen (secondary N) is 3. The normalized spacial score (nSPS) is 24.4. The Balaban J connectivity index is 1.41. The number of para-hydroxylation sites is 1. The van der Waals surface area contributed by atoms with Gasteiger partial charge in [-0.05, 0) is 12.1 Å². The summed E-state index contributed by atoms with van der Waals surface area (Å²) in [6, 6.07) is 7.37. The molecule has 9 heteroatoms. The van der Waals surface area contributed by atoms with E-state index in [2.05, 4.69) is 16.0 Å². The summed E-state index contributed by atoms with van der Waals surface area (Å²) in [5.41, 5.74) is 1.41. The highest BCUT2D eigenvalue weighted by molar-refractivity contribution is 8.01. The number of benzene rings is 1. The fourth-order valence-electron chi connectivity index (χ4n) is 2.88. The average molecular weight is 376 g/mol. The summed E-state index contributed by atoms with van der Waals surface area (Å²) in [5.74, 6) is 0.123. The van der Waals surface area contributed by atoms with E-state index in [1.807, 2.05) is 24.3 Å². The molecular formula is C16H16N4O3S2. The van der Waals surface area contributed by atoms with Gasteiger partial charge in [-0.2, -0.15) is 0 Å². The highest BCUT2D eigenvalue weighted by Gasteiger charge is 2.36. The number of carbonyl (C=O) groups is 3. The fraction of sp³-hybridized carbons (Fsp3) is 0.312. The molecule has 0 aromatic heterocycles. The topological polar surface area (TPSA) is 90.5 Å². The van der Waals surface area contributed by atoms with Crippen molar-refractivity contribution in [1.82, 2.24) is 15.5 Å². The van der Waals surface area contributed by atoms with Gasteiger partial charge in [0.1, 0.15) is 5.37 Å². The number of urea groups is 1. The number of hydrogen-bond donors (Lipinski definition) is 3. The molecule has 3 aliphatic rings. The van der Waals surface area contributed by atoms with Crippen LogP contribution in [0.25, 0.3) is 0 Å². The van der Waals surface area contributed by atoms with Crippen LogP contribution in [0, 0.1) is 0 Å². The maximum Gasteiger partial charge on any atom is 0.324 e. The van der Waals surface area contributed by atoms with Crippen LogP contribution in [-0.2, 0) is 9.59 Å². The number of thioether (sulfide) groups is 2. The van der Waals surface area contributed by atoms with Gasteiger partial charge in [-0.15, -0.1) is 11.8 Å². The van der Waals surface area contributed by atoms with E-state index < -0.39 is 10.7 Å². The quantitative estimate of drug-likeness (QED) is 0.734. The molecule has 2 unspecified atom stereocenters. The average Bonchev–Trinajstić information content (AvgIpc) is 3.32. The Bertz CT molecular complexity index is 757. The fourth-order valence-corrected chi connectivity index (χ4v) is 4.95. The van der Waals surface area contributed by atoms with Gasteiger partial charge < -0.3 is 16.0 Å². The van der Waals surface area contributed by atoms with Crippen molar-refractivity contribution in [2.24, 2.45) is 0 Å². The lowest BCUT2D eigenvalue weighted by atomic mass is 10.2. The summed E-state index contributed by atoms with van der Waals surface area (Å²) in [4.78, 5) is 39.1. The van der Waals surface area contributed by atoms with Crippen molar-refractivity contribution in [3.8, 4) is 0 Å². The third-order valence-corrected chi connectivity index (χ3v) is 6.37. The van der Waals surface area contributed by atoms with Gasteiger partial charge in [0.25, 0.3) is 11.8 Å². The number of imide groups is 1. The number of fused-ring (bicyclic) bond motifs is 1. The maximum atomic E-state index is 12.6. The molecule has 25 heavy (non-hydrogen) atoms. The zero-order valence-corrected chi connectivity index (χ0v) is 14.8. The van der Waals surface area contributed by atoms with Crippen LogP contribution in [0.3, 0.4) is 0 Å². The molecule has 4 rings (SSSR count). The number of nitrogens with zero attached hydrogens (tertiary/aromatic N) is 1. The van der Waals surface area contributed by atoms with Crippen molar-refractivity contribution in [2.45, 2.75) is 15.6 Å². The second-order valence-corrected chi connectivity index (χ2v) is 7.99. The summed E-state index contributed by atoms with van der Waals surface area (Å²) in [6.07, 6.45) is 1.79. The van der Waals surface area contributed by atoms with Gasteiger partial charge in [0.05, 0.1) is 0 Å². The van der Waals surface area contributed by atoms with E-state index in [4.69, 9.17) is 0 Å². The van der Waals surface area contributed by atoms with Gasteiger partial charge >= 0.3 is 6.03 Å². The molecule has 1 fully saturated rings. The van der Waals surface area contributed by atoms with Gasteiger partial charge in [-0.25, -0.2) is 4.79 Å². The second kappa shape index (κ2) is 6.64. The highest BCUT2D eigenvalue weighted by Crippen LogP contribution is 2.38. The van der Waals surface area contributed by atoms with Crippen LogP contribution in [0.4, 0.5) is 10.5 Å². The molecule has 4 amide bonds. The minimum atomic E-state index is -0.431. The number of hydrogen-bond acceptors (Lipinski definition) is 6. The molecule has 1 saturated heterocycles. The predicted octanol–water partition coefficient (Wildman–Crippen LogP) is 1.20.